The molecule has 0 radical (unpaired) electrons. The second-order valence-electron chi connectivity index (χ2n) is 6.44. The molecule has 4 rings (SSSR count). The fourth-order valence-corrected chi connectivity index (χ4v) is 3.12. The zero-order valence-corrected chi connectivity index (χ0v) is 16.0. The topological polar surface area (TPSA) is 101 Å². The van der Waals surface area contributed by atoms with E-state index in [4.69, 9.17) is 5.73 Å². The van der Waals surface area contributed by atoms with Gasteiger partial charge in [0.2, 0.25) is 0 Å². The third-order valence-corrected chi connectivity index (χ3v) is 4.50. The molecule has 0 bridgehead atoms. The molecule has 0 saturated heterocycles. The Morgan fingerprint density at radius 3 is 2.47 bits per heavy atom. The van der Waals surface area contributed by atoms with Gasteiger partial charge in [-0.05, 0) is 55.0 Å². The first-order valence-corrected chi connectivity index (χ1v) is 8.96. The Hall–Kier alpha value is -3.78. The highest BCUT2D eigenvalue weighted by Gasteiger charge is 2.20. The molecule has 0 aliphatic carbocycles. The first kappa shape index (κ1) is 20.9. The van der Waals surface area contributed by atoms with Crippen LogP contribution in [-0.2, 0) is 6.54 Å². The van der Waals surface area contributed by atoms with E-state index >= 15 is 0 Å². The minimum Gasteiger partial charge on any atom is -0.508 e. The molecule has 0 unspecified atom stereocenters. The highest BCUT2D eigenvalue weighted by molar-refractivity contribution is 6.06. The minimum absolute atomic E-state index is 0.0400. The summed E-state index contributed by atoms with van der Waals surface area (Å²) in [5.74, 6) is -2.01. The number of carbonyl (C=O) groups is 1. The number of aromatic hydroxyl groups is 1. The van der Waals surface area contributed by atoms with Crippen LogP contribution < -0.4 is 5.73 Å². The van der Waals surface area contributed by atoms with E-state index in [-0.39, 0.29) is 17.9 Å². The van der Waals surface area contributed by atoms with Gasteiger partial charge >= 0.3 is 5.97 Å². The lowest BCUT2D eigenvalue weighted by molar-refractivity contribution is 0.0698. The van der Waals surface area contributed by atoms with E-state index in [1.54, 1.807) is 29.8 Å². The standard InChI is InChI=1S/C15H12N2O3.C7H7F2N/c1-9-14(15(19)20)11-8-10(18)5-6-12(11)17(9)13-4-2-3-7-16-13;8-6-2-1-5(4-10)3-7(6)9/h2-8,18H,1H3,(H,19,20);1-3H,4,10H2. The normalized spacial score (nSPS) is 10.5. The number of halogens is 2. The van der Waals surface area contributed by atoms with Crippen molar-refractivity contribution in [1.29, 1.82) is 0 Å². The number of hydrogen-bond acceptors (Lipinski definition) is 4. The molecule has 6 nitrogen and oxygen atoms in total. The third kappa shape index (κ3) is 4.13. The lowest BCUT2D eigenvalue weighted by Crippen LogP contribution is -2.02. The van der Waals surface area contributed by atoms with Crippen molar-refractivity contribution in [2.24, 2.45) is 5.73 Å². The van der Waals surface area contributed by atoms with Gasteiger partial charge in [-0.2, -0.15) is 0 Å². The van der Waals surface area contributed by atoms with Crippen molar-refractivity contribution in [1.82, 2.24) is 9.55 Å². The van der Waals surface area contributed by atoms with Gasteiger partial charge in [-0.25, -0.2) is 18.6 Å². The molecule has 2 aromatic heterocycles. The Morgan fingerprint density at radius 2 is 1.87 bits per heavy atom. The molecule has 0 atom stereocenters. The largest absolute Gasteiger partial charge is 0.508 e. The van der Waals surface area contributed by atoms with E-state index in [1.807, 2.05) is 12.1 Å². The number of pyridine rings is 1. The molecule has 0 amide bonds. The number of nitrogens with two attached hydrogens (primary N) is 1. The molecule has 8 heteroatoms. The monoisotopic (exact) mass is 411 g/mol. The number of aromatic carboxylic acids is 1. The van der Waals surface area contributed by atoms with Crippen molar-refractivity contribution in [2.75, 3.05) is 0 Å². The fraction of sp³-hybridized carbons (Fsp3) is 0.0909. The molecule has 0 aliphatic heterocycles. The van der Waals surface area contributed by atoms with Crippen molar-refractivity contribution in [2.45, 2.75) is 13.5 Å². The molecule has 4 N–H and O–H groups in total. The van der Waals surface area contributed by atoms with Gasteiger partial charge in [-0.15, -0.1) is 0 Å². The number of rotatable bonds is 3. The van der Waals surface area contributed by atoms with Crippen LogP contribution in [0.5, 0.6) is 5.75 Å². The Morgan fingerprint density at radius 1 is 1.10 bits per heavy atom. The van der Waals surface area contributed by atoms with Crippen LogP contribution in [0, 0.1) is 18.6 Å². The summed E-state index contributed by atoms with van der Waals surface area (Å²) in [5.41, 5.74) is 7.24. The van der Waals surface area contributed by atoms with Crippen LogP contribution in [0.3, 0.4) is 0 Å². The Bertz CT molecular complexity index is 1210. The molecule has 154 valence electrons. The van der Waals surface area contributed by atoms with Crippen molar-refractivity contribution in [3.05, 3.63) is 89.2 Å². The molecule has 2 aromatic carbocycles. The van der Waals surface area contributed by atoms with Gasteiger partial charge in [-0.3, -0.25) is 4.57 Å². The maximum atomic E-state index is 12.3. The first-order chi connectivity index (χ1) is 14.3. The molecule has 0 spiro atoms. The SMILES string of the molecule is Cc1c(C(=O)O)c2cc(O)ccc2n1-c1ccccn1.NCc1ccc(F)c(F)c1. The van der Waals surface area contributed by atoms with Crippen molar-refractivity contribution < 1.29 is 23.8 Å². The van der Waals surface area contributed by atoms with Crippen LogP contribution in [0.4, 0.5) is 8.78 Å². The average Bonchev–Trinajstić information content (AvgIpc) is 3.02. The Labute approximate surface area is 170 Å². The summed E-state index contributed by atoms with van der Waals surface area (Å²) >= 11 is 0. The van der Waals surface area contributed by atoms with E-state index < -0.39 is 17.6 Å². The smallest absolute Gasteiger partial charge is 0.338 e. The number of hydrogen-bond donors (Lipinski definition) is 3. The van der Waals surface area contributed by atoms with Crippen molar-refractivity contribution in [3.8, 4) is 11.6 Å². The molecule has 30 heavy (non-hydrogen) atoms. The van der Waals surface area contributed by atoms with Crippen LogP contribution in [0.1, 0.15) is 21.6 Å². The molecule has 2 heterocycles. The molecule has 0 fully saturated rings. The zero-order valence-electron chi connectivity index (χ0n) is 16.0. The van der Waals surface area contributed by atoms with Gasteiger partial charge in [0, 0.05) is 23.8 Å². The quantitative estimate of drug-likeness (QED) is 0.470. The van der Waals surface area contributed by atoms with Gasteiger partial charge < -0.3 is 15.9 Å². The predicted molar refractivity (Wildman–Crippen MR) is 109 cm³/mol. The molecule has 4 aromatic rings. The zero-order chi connectivity index (χ0) is 21.8. The summed E-state index contributed by atoms with van der Waals surface area (Å²) in [6.45, 7) is 1.96. The van der Waals surface area contributed by atoms with Crippen LogP contribution in [-0.4, -0.2) is 25.7 Å². The van der Waals surface area contributed by atoms with E-state index in [0.717, 1.165) is 12.1 Å². The summed E-state index contributed by atoms with van der Waals surface area (Å²) < 4.78 is 26.3. The highest BCUT2D eigenvalue weighted by Crippen LogP contribution is 2.31. The van der Waals surface area contributed by atoms with Gasteiger partial charge in [0.05, 0.1) is 11.1 Å². The number of carboxylic acids is 1. The Kier molecular flexibility index (Phi) is 6.08. The van der Waals surface area contributed by atoms with Crippen molar-refractivity contribution >= 4 is 16.9 Å². The lowest BCUT2D eigenvalue weighted by atomic mass is 10.1. The number of carboxylic acid groups (broad SMARTS) is 1. The van der Waals surface area contributed by atoms with Gasteiger partial charge in [0.15, 0.2) is 11.6 Å². The predicted octanol–water partition coefficient (Wildman–Crippen LogP) is 4.16. The number of phenolic OH excluding ortho intramolecular Hbond substituents is 1. The number of phenols is 1. The van der Waals surface area contributed by atoms with E-state index in [9.17, 15) is 23.8 Å². The highest BCUT2D eigenvalue weighted by atomic mass is 19.2. The van der Waals surface area contributed by atoms with Gasteiger partial charge in [0.25, 0.3) is 0 Å². The third-order valence-electron chi connectivity index (χ3n) is 4.50. The molecular weight excluding hydrogens is 392 g/mol. The number of fused-ring (bicyclic) bond motifs is 1. The lowest BCUT2D eigenvalue weighted by Gasteiger charge is -2.06. The van der Waals surface area contributed by atoms with Crippen LogP contribution in [0.25, 0.3) is 16.7 Å². The summed E-state index contributed by atoms with van der Waals surface area (Å²) in [6, 6.07) is 13.8. The van der Waals surface area contributed by atoms with Crippen LogP contribution in [0.15, 0.2) is 60.8 Å². The second kappa shape index (κ2) is 8.71. The molecule has 0 aliphatic rings. The number of aromatic nitrogens is 2. The first-order valence-electron chi connectivity index (χ1n) is 8.96. The average molecular weight is 411 g/mol. The maximum Gasteiger partial charge on any atom is 0.338 e. The van der Waals surface area contributed by atoms with E-state index in [1.165, 1.54) is 18.2 Å². The van der Waals surface area contributed by atoms with Gasteiger partial charge in [0.1, 0.15) is 11.6 Å². The molecular formula is C22H19F2N3O3. The van der Waals surface area contributed by atoms with Crippen molar-refractivity contribution in [3.63, 3.8) is 0 Å². The fourth-order valence-electron chi connectivity index (χ4n) is 3.12. The number of nitrogens with zero attached hydrogens (tertiary/aromatic N) is 2. The minimum atomic E-state index is -1.02. The van der Waals surface area contributed by atoms with Crippen LogP contribution in [0.2, 0.25) is 0 Å². The number of benzene rings is 2. The summed E-state index contributed by atoms with van der Waals surface area (Å²) in [7, 11) is 0. The Balaban J connectivity index is 0.000000216. The maximum absolute atomic E-state index is 12.3. The second-order valence-corrected chi connectivity index (χ2v) is 6.44. The molecule has 0 saturated carbocycles. The van der Waals surface area contributed by atoms with Gasteiger partial charge in [-0.1, -0.05) is 12.1 Å². The van der Waals surface area contributed by atoms with E-state index in [0.29, 0.717) is 28.0 Å². The summed E-state index contributed by atoms with van der Waals surface area (Å²) in [6.07, 6.45) is 1.65. The van der Waals surface area contributed by atoms with E-state index in [2.05, 4.69) is 4.98 Å². The summed E-state index contributed by atoms with van der Waals surface area (Å²) in [4.78, 5) is 15.7. The van der Waals surface area contributed by atoms with Crippen LogP contribution >= 0.6 is 0 Å². The summed E-state index contributed by atoms with van der Waals surface area (Å²) in [5, 5.41) is 19.5.